The van der Waals surface area contributed by atoms with E-state index in [1.807, 2.05) is 23.5 Å². The summed E-state index contributed by atoms with van der Waals surface area (Å²) >= 11 is 5.16. The van der Waals surface area contributed by atoms with Gasteiger partial charge in [-0.3, -0.25) is 0 Å². The molecule has 0 aliphatic heterocycles. The molecule has 0 amide bonds. The van der Waals surface area contributed by atoms with Crippen molar-refractivity contribution in [3.05, 3.63) is 43.9 Å². The third kappa shape index (κ3) is 2.21. The number of fused-ring (bicyclic) bond motifs is 1. The van der Waals surface area contributed by atoms with E-state index >= 15 is 0 Å². The van der Waals surface area contributed by atoms with Gasteiger partial charge < -0.3 is 10.2 Å². The van der Waals surface area contributed by atoms with Crippen LogP contribution in [-0.2, 0) is 12.8 Å². The van der Waals surface area contributed by atoms with Gasteiger partial charge in [0, 0.05) is 9.75 Å². The lowest BCUT2D eigenvalue weighted by atomic mass is 9.99. The van der Waals surface area contributed by atoms with Crippen molar-refractivity contribution in [1.82, 2.24) is 0 Å². The predicted octanol–water partition coefficient (Wildman–Crippen LogP) is 4.03. The standard InChI is InChI=1S/C13H14BrNOS/c14-12-6-5-9(16-12)13(15)11-7-8-3-1-2-4-10(8)17-11/h5-7,13H,1-4,15H2. The second kappa shape index (κ2) is 4.59. The van der Waals surface area contributed by atoms with Gasteiger partial charge in [0.25, 0.3) is 0 Å². The quantitative estimate of drug-likeness (QED) is 0.909. The summed E-state index contributed by atoms with van der Waals surface area (Å²) < 4.78 is 6.27. The van der Waals surface area contributed by atoms with Crippen molar-refractivity contribution in [2.75, 3.05) is 0 Å². The van der Waals surface area contributed by atoms with Crippen LogP contribution in [0.4, 0.5) is 0 Å². The van der Waals surface area contributed by atoms with Crippen LogP contribution in [0.1, 0.15) is 40.0 Å². The first kappa shape index (κ1) is 11.5. The van der Waals surface area contributed by atoms with E-state index in [2.05, 4.69) is 22.0 Å². The van der Waals surface area contributed by atoms with Gasteiger partial charge in [-0.2, -0.15) is 0 Å². The third-order valence-electron chi connectivity index (χ3n) is 3.22. The molecule has 1 atom stereocenters. The molecular formula is C13H14BrNOS. The van der Waals surface area contributed by atoms with Crippen LogP contribution in [0.15, 0.2) is 27.3 Å². The van der Waals surface area contributed by atoms with Crippen molar-refractivity contribution in [3.8, 4) is 0 Å². The average molecular weight is 312 g/mol. The number of rotatable bonds is 2. The molecule has 0 fully saturated rings. The van der Waals surface area contributed by atoms with Gasteiger partial charge >= 0.3 is 0 Å². The molecule has 2 heterocycles. The zero-order valence-electron chi connectivity index (χ0n) is 9.41. The van der Waals surface area contributed by atoms with E-state index in [-0.39, 0.29) is 6.04 Å². The Kier molecular flexibility index (Phi) is 3.11. The molecule has 0 saturated heterocycles. The normalized spacial score (nSPS) is 16.8. The Morgan fingerprint density at radius 1 is 1.29 bits per heavy atom. The van der Waals surface area contributed by atoms with Crippen molar-refractivity contribution in [2.24, 2.45) is 5.73 Å². The van der Waals surface area contributed by atoms with Crippen molar-refractivity contribution in [2.45, 2.75) is 31.7 Å². The van der Waals surface area contributed by atoms with E-state index in [9.17, 15) is 0 Å². The first-order valence-electron chi connectivity index (χ1n) is 5.86. The monoisotopic (exact) mass is 311 g/mol. The number of thiophene rings is 1. The van der Waals surface area contributed by atoms with Crippen LogP contribution in [0.25, 0.3) is 0 Å². The van der Waals surface area contributed by atoms with Crippen LogP contribution >= 0.6 is 27.3 Å². The summed E-state index contributed by atoms with van der Waals surface area (Å²) in [4.78, 5) is 2.74. The summed E-state index contributed by atoms with van der Waals surface area (Å²) in [5, 5.41) is 0. The summed E-state index contributed by atoms with van der Waals surface area (Å²) in [6, 6.07) is 5.97. The molecule has 17 heavy (non-hydrogen) atoms. The molecule has 2 aromatic rings. The van der Waals surface area contributed by atoms with Gasteiger partial charge in [0.15, 0.2) is 4.67 Å². The third-order valence-corrected chi connectivity index (χ3v) is 4.97. The zero-order valence-corrected chi connectivity index (χ0v) is 11.8. The smallest absolute Gasteiger partial charge is 0.169 e. The second-order valence-electron chi connectivity index (χ2n) is 4.42. The van der Waals surface area contributed by atoms with E-state index in [1.165, 1.54) is 41.0 Å². The fourth-order valence-electron chi connectivity index (χ4n) is 2.30. The van der Waals surface area contributed by atoms with E-state index in [0.717, 1.165) is 10.4 Å². The maximum Gasteiger partial charge on any atom is 0.169 e. The van der Waals surface area contributed by atoms with Crippen molar-refractivity contribution in [3.63, 3.8) is 0 Å². The molecule has 1 unspecified atom stereocenters. The van der Waals surface area contributed by atoms with Crippen LogP contribution in [0.3, 0.4) is 0 Å². The Balaban J connectivity index is 1.91. The maximum absolute atomic E-state index is 6.24. The molecular weight excluding hydrogens is 298 g/mol. The summed E-state index contributed by atoms with van der Waals surface area (Å²) in [7, 11) is 0. The second-order valence-corrected chi connectivity index (χ2v) is 6.37. The SMILES string of the molecule is NC(c1ccc(Br)o1)c1cc2c(s1)CCCC2. The van der Waals surface area contributed by atoms with E-state index in [4.69, 9.17) is 10.2 Å². The van der Waals surface area contributed by atoms with Crippen molar-refractivity contribution >= 4 is 27.3 Å². The van der Waals surface area contributed by atoms with Crippen LogP contribution in [-0.4, -0.2) is 0 Å². The predicted molar refractivity (Wildman–Crippen MR) is 73.4 cm³/mol. The van der Waals surface area contributed by atoms with Gasteiger partial charge in [0.1, 0.15) is 5.76 Å². The number of furan rings is 1. The molecule has 0 saturated carbocycles. The highest BCUT2D eigenvalue weighted by molar-refractivity contribution is 9.10. The number of aryl methyl sites for hydroxylation is 2. The van der Waals surface area contributed by atoms with Crippen molar-refractivity contribution < 1.29 is 4.42 Å². The Morgan fingerprint density at radius 2 is 2.12 bits per heavy atom. The van der Waals surface area contributed by atoms with E-state index < -0.39 is 0 Å². The van der Waals surface area contributed by atoms with Gasteiger partial charge in [-0.1, -0.05) is 0 Å². The molecule has 3 rings (SSSR count). The Bertz CT molecular complexity index is 508. The number of halogens is 1. The van der Waals surface area contributed by atoms with Gasteiger partial charge in [0.2, 0.25) is 0 Å². The number of hydrogen-bond donors (Lipinski definition) is 1. The molecule has 2 nitrogen and oxygen atoms in total. The summed E-state index contributed by atoms with van der Waals surface area (Å²) in [5.41, 5.74) is 7.74. The topological polar surface area (TPSA) is 39.2 Å². The lowest BCUT2D eigenvalue weighted by molar-refractivity contribution is 0.472. The fraction of sp³-hybridized carbons (Fsp3) is 0.385. The molecule has 1 aliphatic carbocycles. The molecule has 2 N–H and O–H groups in total. The molecule has 2 aromatic heterocycles. The van der Waals surface area contributed by atoms with Gasteiger partial charge in [-0.05, 0) is 65.4 Å². The zero-order chi connectivity index (χ0) is 11.8. The van der Waals surface area contributed by atoms with Crippen LogP contribution < -0.4 is 5.73 Å². The maximum atomic E-state index is 6.24. The number of nitrogens with two attached hydrogens (primary N) is 1. The van der Waals surface area contributed by atoms with E-state index in [1.54, 1.807) is 0 Å². The first-order valence-corrected chi connectivity index (χ1v) is 7.47. The molecule has 0 radical (unpaired) electrons. The van der Waals surface area contributed by atoms with Gasteiger partial charge in [-0.25, -0.2) is 0 Å². The lowest BCUT2D eigenvalue weighted by Crippen LogP contribution is -2.08. The summed E-state index contributed by atoms with van der Waals surface area (Å²) in [6.07, 6.45) is 5.05. The van der Waals surface area contributed by atoms with Crippen LogP contribution in [0.2, 0.25) is 0 Å². The largest absolute Gasteiger partial charge is 0.452 e. The highest BCUT2D eigenvalue weighted by Crippen LogP contribution is 2.35. The van der Waals surface area contributed by atoms with Crippen LogP contribution in [0, 0.1) is 0 Å². The van der Waals surface area contributed by atoms with Crippen molar-refractivity contribution in [1.29, 1.82) is 0 Å². The average Bonchev–Trinajstić information content (AvgIpc) is 2.93. The minimum atomic E-state index is -0.128. The minimum absolute atomic E-state index is 0.128. The molecule has 90 valence electrons. The Hall–Kier alpha value is -0.580. The molecule has 0 aromatic carbocycles. The fourth-order valence-corrected chi connectivity index (χ4v) is 3.89. The van der Waals surface area contributed by atoms with Crippen LogP contribution in [0.5, 0.6) is 0 Å². The van der Waals surface area contributed by atoms with Gasteiger partial charge in [0.05, 0.1) is 6.04 Å². The molecule has 0 bridgehead atoms. The van der Waals surface area contributed by atoms with Gasteiger partial charge in [-0.15, -0.1) is 11.3 Å². The minimum Gasteiger partial charge on any atom is -0.452 e. The molecule has 1 aliphatic rings. The summed E-state index contributed by atoms with van der Waals surface area (Å²) in [5.74, 6) is 0.829. The number of hydrogen-bond acceptors (Lipinski definition) is 3. The lowest BCUT2D eigenvalue weighted by Gasteiger charge is -2.08. The Labute approximate surface area is 113 Å². The molecule has 0 spiro atoms. The van der Waals surface area contributed by atoms with E-state index in [0.29, 0.717) is 0 Å². The highest BCUT2D eigenvalue weighted by Gasteiger charge is 2.19. The first-order chi connectivity index (χ1) is 8.24. The highest BCUT2D eigenvalue weighted by atomic mass is 79.9. The molecule has 4 heteroatoms. The summed E-state index contributed by atoms with van der Waals surface area (Å²) in [6.45, 7) is 0. The Morgan fingerprint density at radius 3 is 2.82 bits per heavy atom.